The second-order valence-corrected chi connectivity index (χ2v) is 3.17. The van der Waals surface area contributed by atoms with Crippen LogP contribution in [0.5, 0.6) is 0 Å². The van der Waals surface area contributed by atoms with Gasteiger partial charge in [-0.3, -0.25) is 0 Å². The van der Waals surface area contributed by atoms with Crippen LogP contribution in [0.2, 0.25) is 0 Å². The van der Waals surface area contributed by atoms with Gasteiger partial charge in [-0.25, -0.2) is 0 Å². The van der Waals surface area contributed by atoms with Crippen molar-refractivity contribution in [3.8, 4) is 0 Å². The molecule has 3 nitrogen and oxygen atoms in total. The molecular formula is C11H13N3. The van der Waals surface area contributed by atoms with Gasteiger partial charge in [0.2, 0.25) is 0 Å². The summed E-state index contributed by atoms with van der Waals surface area (Å²) in [7, 11) is 1.98. The maximum Gasteiger partial charge on any atom is 0.110 e. The summed E-state index contributed by atoms with van der Waals surface area (Å²) in [6.45, 7) is 0. The van der Waals surface area contributed by atoms with E-state index in [2.05, 4.69) is 4.98 Å². The molecule has 0 spiro atoms. The Labute approximate surface area is 83.2 Å². The van der Waals surface area contributed by atoms with E-state index in [0.717, 1.165) is 17.2 Å². The molecule has 0 bridgehead atoms. The minimum atomic E-state index is 0.782. The quantitative estimate of drug-likeness (QED) is 0.709. The number of nitrogen functional groups attached to an aromatic ring is 1. The number of H-pyrrole nitrogens is 1. The summed E-state index contributed by atoms with van der Waals surface area (Å²) in [5.41, 5.74) is 7.66. The van der Waals surface area contributed by atoms with Gasteiger partial charge in [-0.05, 0) is 24.3 Å². The normalized spacial score (nSPS) is 10.1. The van der Waals surface area contributed by atoms with E-state index >= 15 is 0 Å². The van der Waals surface area contributed by atoms with Gasteiger partial charge in [-0.1, -0.05) is 12.1 Å². The standard InChI is InChI=1S/C11H13N3/c1-14(11-7-4-8-13-11)10-6-3-2-5-9(10)12/h2-8,13H,12H2,1H3. The fourth-order valence-corrected chi connectivity index (χ4v) is 1.45. The van der Waals surface area contributed by atoms with Crippen LogP contribution < -0.4 is 10.6 Å². The molecule has 0 aliphatic carbocycles. The van der Waals surface area contributed by atoms with Crippen molar-refractivity contribution in [1.29, 1.82) is 0 Å². The number of nitrogens with two attached hydrogens (primary N) is 1. The molecule has 0 amide bonds. The van der Waals surface area contributed by atoms with Crippen LogP contribution in [0.15, 0.2) is 42.6 Å². The molecule has 3 N–H and O–H groups in total. The van der Waals surface area contributed by atoms with E-state index in [1.807, 2.05) is 54.5 Å². The predicted octanol–water partition coefficient (Wildman–Crippen LogP) is 2.36. The van der Waals surface area contributed by atoms with Crippen LogP contribution >= 0.6 is 0 Å². The zero-order valence-corrected chi connectivity index (χ0v) is 8.07. The first-order valence-corrected chi connectivity index (χ1v) is 4.50. The second-order valence-electron chi connectivity index (χ2n) is 3.17. The monoisotopic (exact) mass is 187 g/mol. The number of aromatic nitrogens is 1. The molecule has 2 rings (SSSR count). The van der Waals surface area contributed by atoms with Crippen molar-refractivity contribution in [2.75, 3.05) is 17.7 Å². The smallest absolute Gasteiger partial charge is 0.110 e. The topological polar surface area (TPSA) is 45.0 Å². The van der Waals surface area contributed by atoms with Crippen molar-refractivity contribution in [2.24, 2.45) is 0 Å². The molecule has 14 heavy (non-hydrogen) atoms. The largest absolute Gasteiger partial charge is 0.397 e. The highest BCUT2D eigenvalue weighted by molar-refractivity contribution is 5.72. The Bertz CT molecular complexity index is 406. The minimum Gasteiger partial charge on any atom is -0.397 e. The summed E-state index contributed by atoms with van der Waals surface area (Å²) < 4.78 is 0. The van der Waals surface area contributed by atoms with Crippen molar-refractivity contribution >= 4 is 17.2 Å². The number of benzene rings is 1. The van der Waals surface area contributed by atoms with E-state index in [-0.39, 0.29) is 0 Å². The number of para-hydroxylation sites is 2. The zero-order chi connectivity index (χ0) is 9.97. The summed E-state index contributed by atoms with van der Waals surface area (Å²) in [4.78, 5) is 5.16. The van der Waals surface area contributed by atoms with Crippen LogP contribution in [0.3, 0.4) is 0 Å². The lowest BCUT2D eigenvalue weighted by atomic mass is 10.2. The molecule has 0 aliphatic rings. The molecule has 0 aliphatic heterocycles. The minimum absolute atomic E-state index is 0.782. The highest BCUT2D eigenvalue weighted by atomic mass is 15.2. The predicted molar refractivity (Wildman–Crippen MR) is 59.7 cm³/mol. The first-order chi connectivity index (χ1) is 6.79. The number of nitrogens with one attached hydrogen (secondary N) is 1. The van der Waals surface area contributed by atoms with Crippen LogP contribution in [0, 0.1) is 0 Å². The molecular weight excluding hydrogens is 174 g/mol. The van der Waals surface area contributed by atoms with Crippen molar-refractivity contribution in [2.45, 2.75) is 0 Å². The molecule has 2 aromatic rings. The van der Waals surface area contributed by atoms with Gasteiger partial charge in [-0.2, -0.15) is 0 Å². The lowest BCUT2D eigenvalue weighted by Crippen LogP contribution is -2.11. The third kappa shape index (κ3) is 1.44. The molecule has 0 radical (unpaired) electrons. The number of rotatable bonds is 2. The Morgan fingerprint density at radius 3 is 2.57 bits per heavy atom. The molecule has 0 saturated carbocycles. The Morgan fingerprint density at radius 2 is 1.93 bits per heavy atom. The van der Waals surface area contributed by atoms with Gasteiger partial charge in [0.05, 0.1) is 11.4 Å². The summed E-state index contributed by atoms with van der Waals surface area (Å²) in [5, 5.41) is 0. The molecule has 0 saturated heterocycles. The molecule has 1 heterocycles. The van der Waals surface area contributed by atoms with E-state index in [1.165, 1.54) is 0 Å². The zero-order valence-electron chi connectivity index (χ0n) is 8.07. The van der Waals surface area contributed by atoms with Crippen molar-refractivity contribution in [3.63, 3.8) is 0 Å². The third-order valence-corrected chi connectivity index (χ3v) is 2.24. The summed E-state index contributed by atoms with van der Waals surface area (Å²) in [6.07, 6.45) is 1.89. The van der Waals surface area contributed by atoms with Gasteiger partial charge in [0, 0.05) is 13.2 Å². The molecule has 1 aromatic carbocycles. The average Bonchev–Trinajstić information content (AvgIpc) is 2.70. The molecule has 3 heteroatoms. The van der Waals surface area contributed by atoms with Crippen LogP contribution in [0.25, 0.3) is 0 Å². The van der Waals surface area contributed by atoms with E-state index in [0.29, 0.717) is 0 Å². The van der Waals surface area contributed by atoms with Gasteiger partial charge < -0.3 is 15.6 Å². The number of anilines is 3. The van der Waals surface area contributed by atoms with Gasteiger partial charge >= 0.3 is 0 Å². The van der Waals surface area contributed by atoms with Crippen LogP contribution in [-0.2, 0) is 0 Å². The maximum absolute atomic E-state index is 5.87. The van der Waals surface area contributed by atoms with E-state index in [9.17, 15) is 0 Å². The van der Waals surface area contributed by atoms with Crippen molar-refractivity contribution in [3.05, 3.63) is 42.6 Å². The van der Waals surface area contributed by atoms with E-state index < -0.39 is 0 Å². The first-order valence-electron chi connectivity index (χ1n) is 4.50. The number of aromatic amines is 1. The SMILES string of the molecule is CN(c1ccc[nH]1)c1ccccc1N. The van der Waals surface area contributed by atoms with Crippen molar-refractivity contribution in [1.82, 2.24) is 4.98 Å². The van der Waals surface area contributed by atoms with E-state index in [4.69, 9.17) is 5.73 Å². The molecule has 0 fully saturated rings. The van der Waals surface area contributed by atoms with Gasteiger partial charge in [0.1, 0.15) is 5.82 Å². The third-order valence-electron chi connectivity index (χ3n) is 2.24. The lowest BCUT2D eigenvalue weighted by Gasteiger charge is -2.19. The first kappa shape index (κ1) is 8.69. The fraction of sp³-hybridized carbons (Fsp3) is 0.0909. The maximum atomic E-state index is 5.87. The van der Waals surface area contributed by atoms with E-state index in [1.54, 1.807) is 0 Å². The van der Waals surface area contributed by atoms with Gasteiger partial charge in [-0.15, -0.1) is 0 Å². The Hall–Kier alpha value is -1.90. The molecule has 72 valence electrons. The number of hydrogen-bond acceptors (Lipinski definition) is 2. The average molecular weight is 187 g/mol. The summed E-state index contributed by atoms with van der Waals surface area (Å²) in [6, 6.07) is 11.8. The van der Waals surface area contributed by atoms with Crippen LogP contribution in [0.4, 0.5) is 17.2 Å². The van der Waals surface area contributed by atoms with Gasteiger partial charge in [0.25, 0.3) is 0 Å². The van der Waals surface area contributed by atoms with Crippen molar-refractivity contribution < 1.29 is 0 Å². The van der Waals surface area contributed by atoms with Crippen LogP contribution in [-0.4, -0.2) is 12.0 Å². The number of nitrogens with zero attached hydrogens (tertiary/aromatic N) is 1. The fourth-order valence-electron chi connectivity index (χ4n) is 1.45. The molecule has 0 atom stereocenters. The second kappa shape index (κ2) is 3.46. The summed E-state index contributed by atoms with van der Waals surface area (Å²) in [5.74, 6) is 1.03. The Kier molecular flexibility index (Phi) is 2.14. The molecule has 0 unspecified atom stereocenters. The molecule has 1 aromatic heterocycles. The Morgan fingerprint density at radius 1 is 1.14 bits per heavy atom. The van der Waals surface area contributed by atoms with Gasteiger partial charge in [0.15, 0.2) is 0 Å². The Balaban J connectivity index is 2.37. The lowest BCUT2D eigenvalue weighted by molar-refractivity contribution is 1.15. The highest BCUT2D eigenvalue weighted by Crippen LogP contribution is 2.26. The highest BCUT2D eigenvalue weighted by Gasteiger charge is 2.06. The van der Waals surface area contributed by atoms with Crippen LogP contribution in [0.1, 0.15) is 0 Å². The number of hydrogen-bond donors (Lipinski definition) is 2. The summed E-state index contributed by atoms with van der Waals surface area (Å²) >= 11 is 0.